The molecule has 0 radical (unpaired) electrons. The minimum atomic E-state index is 1.01. The van der Waals surface area contributed by atoms with E-state index in [9.17, 15) is 0 Å². The Balaban J connectivity index is 2.31. The maximum Gasteiger partial charge on any atom is 0.0727 e. The fourth-order valence-electron chi connectivity index (χ4n) is 2.01. The van der Waals surface area contributed by atoms with Crippen LogP contribution in [0.25, 0.3) is 5.70 Å². The van der Waals surface area contributed by atoms with Crippen molar-refractivity contribution in [1.82, 2.24) is 5.32 Å². The van der Waals surface area contributed by atoms with E-state index in [1.165, 1.54) is 0 Å². The van der Waals surface area contributed by atoms with E-state index in [1.54, 1.807) is 5.49 Å². The molecule has 0 fully saturated rings. The van der Waals surface area contributed by atoms with Crippen LogP contribution in [0.5, 0.6) is 0 Å². The van der Waals surface area contributed by atoms with Crippen LogP contribution in [0.15, 0.2) is 60.8 Å². The molecule has 2 aromatic rings. The number of nitrogens with one attached hydrogen (secondary N) is 2. The van der Waals surface area contributed by atoms with Gasteiger partial charge in [0, 0.05) is 31.7 Å². The number of thiocarbonyl (C=S) groups is 1. The van der Waals surface area contributed by atoms with Crippen LogP contribution < -0.4 is 15.5 Å². The van der Waals surface area contributed by atoms with E-state index in [-0.39, 0.29) is 0 Å². The lowest BCUT2D eigenvalue weighted by atomic mass is 10.1. The van der Waals surface area contributed by atoms with Crippen molar-refractivity contribution in [2.75, 3.05) is 24.3 Å². The molecule has 0 amide bonds. The Labute approximate surface area is 131 Å². The van der Waals surface area contributed by atoms with Gasteiger partial charge in [0.15, 0.2) is 0 Å². The highest BCUT2D eigenvalue weighted by atomic mass is 32.1. The van der Waals surface area contributed by atoms with Gasteiger partial charge in [-0.1, -0.05) is 42.5 Å². The smallest absolute Gasteiger partial charge is 0.0727 e. The number of rotatable bonds is 6. The Morgan fingerprint density at radius 1 is 1.00 bits per heavy atom. The van der Waals surface area contributed by atoms with Crippen molar-refractivity contribution in [2.45, 2.75) is 0 Å². The topological polar surface area (TPSA) is 27.3 Å². The molecule has 0 aliphatic heterocycles. The molecule has 3 nitrogen and oxygen atoms in total. The molecule has 0 saturated heterocycles. The standard InChI is InChI=1S/C17H19N3S/c1-18-15-8-10-16(11-9-15)20(13-21)12-17(19-2)14-6-4-3-5-7-14/h3-13,18-19H,1-2H3/b17-12-. The quantitative estimate of drug-likeness (QED) is 0.795. The molecule has 0 unspecified atom stereocenters. The molecule has 0 bridgehead atoms. The third-order valence-corrected chi connectivity index (χ3v) is 3.42. The van der Waals surface area contributed by atoms with Crippen LogP contribution in [0.4, 0.5) is 11.4 Å². The van der Waals surface area contributed by atoms with E-state index in [2.05, 4.69) is 22.8 Å². The maximum absolute atomic E-state index is 5.15. The fourth-order valence-corrected chi connectivity index (χ4v) is 2.19. The van der Waals surface area contributed by atoms with Crippen molar-refractivity contribution in [3.63, 3.8) is 0 Å². The van der Waals surface area contributed by atoms with Gasteiger partial charge >= 0.3 is 0 Å². The zero-order valence-electron chi connectivity index (χ0n) is 12.2. The summed E-state index contributed by atoms with van der Waals surface area (Å²) in [7, 11) is 3.81. The molecular weight excluding hydrogens is 278 g/mol. The predicted octanol–water partition coefficient (Wildman–Crippen LogP) is 3.71. The lowest BCUT2D eigenvalue weighted by molar-refractivity contribution is 1.12. The van der Waals surface area contributed by atoms with Crippen LogP contribution in [0.3, 0.4) is 0 Å². The molecule has 0 heterocycles. The lowest BCUT2D eigenvalue weighted by Gasteiger charge is -2.17. The second kappa shape index (κ2) is 7.45. The number of anilines is 2. The normalized spacial score (nSPS) is 10.9. The fraction of sp³-hybridized carbons (Fsp3) is 0.118. The van der Waals surface area contributed by atoms with Crippen molar-refractivity contribution in [3.8, 4) is 0 Å². The molecule has 4 heteroatoms. The van der Waals surface area contributed by atoms with Crippen LogP contribution in [-0.2, 0) is 0 Å². The van der Waals surface area contributed by atoms with Gasteiger partial charge in [0.1, 0.15) is 0 Å². The summed E-state index contributed by atoms with van der Waals surface area (Å²) in [6.45, 7) is 0. The molecule has 0 atom stereocenters. The van der Waals surface area contributed by atoms with Gasteiger partial charge in [-0.3, -0.25) is 0 Å². The first-order chi connectivity index (χ1) is 10.3. The third-order valence-electron chi connectivity index (χ3n) is 3.19. The van der Waals surface area contributed by atoms with E-state index in [4.69, 9.17) is 12.2 Å². The predicted molar refractivity (Wildman–Crippen MR) is 95.6 cm³/mol. The van der Waals surface area contributed by atoms with Gasteiger partial charge in [0.25, 0.3) is 0 Å². The Morgan fingerprint density at radius 2 is 1.67 bits per heavy atom. The number of benzene rings is 2. The minimum Gasteiger partial charge on any atom is -0.388 e. The van der Waals surface area contributed by atoms with Crippen molar-refractivity contribution in [2.24, 2.45) is 0 Å². The molecular formula is C17H19N3S. The SMILES string of the molecule is CN/C(=C\N(C=S)c1ccc(NC)cc1)c1ccccc1. The van der Waals surface area contributed by atoms with Gasteiger partial charge in [0.05, 0.1) is 11.2 Å². The molecule has 2 N–H and O–H groups in total. The highest BCUT2D eigenvalue weighted by molar-refractivity contribution is 7.79. The minimum absolute atomic E-state index is 1.01. The van der Waals surface area contributed by atoms with Gasteiger partial charge in [-0.2, -0.15) is 0 Å². The van der Waals surface area contributed by atoms with E-state index >= 15 is 0 Å². The van der Waals surface area contributed by atoms with Crippen LogP contribution in [0.1, 0.15) is 5.56 Å². The average Bonchev–Trinajstić information content (AvgIpc) is 2.57. The highest BCUT2D eigenvalue weighted by Crippen LogP contribution is 2.19. The monoisotopic (exact) mass is 297 g/mol. The summed E-state index contributed by atoms with van der Waals surface area (Å²) in [5.41, 5.74) is 5.86. The Hall–Kier alpha value is -2.33. The highest BCUT2D eigenvalue weighted by Gasteiger charge is 2.04. The summed E-state index contributed by atoms with van der Waals surface area (Å²) in [6, 6.07) is 18.3. The molecule has 2 rings (SSSR count). The second-order valence-corrected chi connectivity index (χ2v) is 4.68. The van der Waals surface area contributed by atoms with Gasteiger partial charge < -0.3 is 15.5 Å². The van der Waals surface area contributed by atoms with Crippen LogP contribution >= 0.6 is 12.2 Å². The number of hydrogen-bond donors (Lipinski definition) is 2. The Morgan fingerprint density at radius 3 is 2.19 bits per heavy atom. The third kappa shape index (κ3) is 3.83. The largest absolute Gasteiger partial charge is 0.388 e. The molecule has 108 valence electrons. The summed E-state index contributed by atoms with van der Waals surface area (Å²) in [6.07, 6.45) is 2.00. The second-order valence-electron chi connectivity index (χ2n) is 4.47. The van der Waals surface area contributed by atoms with E-state index in [0.717, 1.165) is 22.6 Å². The van der Waals surface area contributed by atoms with Crippen molar-refractivity contribution < 1.29 is 0 Å². The average molecular weight is 297 g/mol. The van der Waals surface area contributed by atoms with Crippen LogP contribution in [0.2, 0.25) is 0 Å². The summed E-state index contributed by atoms with van der Waals surface area (Å²) < 4.78 is 0. The molecule has 0 spiro atoms. The summed E-state index contributed by atoms with van der Waals surface area (Å²) in [5.74, 6) is 0. The van der Waals surface area contributed by atoms with E-state index in [0.29, 0.717) is 0 Å². The summed E-state index contributed by atoms with van der Waals surface area (Å²) >= 11 is 5.15. The first-order valence-corrected chi connectivity index (χ1v) is 7.22. The van der Waals surface area contributed by atoms with Crippen LogP contribution in [-0.4, -0.2) is 19.6 Å². The van der Waals surface area contributed by atoms with E-state index < -0.39 is 0 Å². The molecule has 0 aromatic heterocycles. The zero-order valence-corrected chi connectivity index (χ0v) is 13.0. The molecule has 21 heavy (non-hydrogen) atoms. The van der Waals surface area contributed by atoms with Gasteiger partial charge in [0.2, 0.25) is 0 Å². The Bertz CT molecular complexity index is 606. The van der Waals surface area contributed by atoms with Crippen molar-refractivity contribution in [3.05, 3.63) is 66.4 Å². The molecule has 0 aliphatic rings. The van der Waals surface area contributed by atoms with E-state index in [1.807, 2.05) is 67.7 Å². The van der Waals surface area contributed by atoms with Gasteiger partial charge in [-0.05, 0) is 29.8 Å². The molecule has 0 saturated carbocycles. The maximum atomic E-state index is 5.15. The summed E-state index contributed by atoms with van der Waals surface area (Å²) in [5, 5.41) is 6.32. The lowest BCUT2D eigenvalue weighted by Crippen LogP contribution is -2.16. The first kappa shape index (κ1) is 15.1. The Kier molecular flexibility index (Phi) is 5.35. The first-order valence-electron chi connectivity index (χ1n) is 6.75. The zero-order chi connectivity index (χ0) is 15.1. The summed E-state index contributed by atoms with van der Waals surface area (Å²) in [4.78, 5) is 1.92. The van der Waals surface area contributed by atoms with Gasteiger partial charge in [-0.15, -0.1) is 0 Å². The number of nitrogens with zero attached hydrogens (tertiary/aromatic N) is 1. The molecule has 2 aromatic carbocycles. The van der Waals surface area contributed by atoms with Crippen LogP contribution in [0, 0.1) is 0 Å². The van der Waals surface area contributed by atoms with Crippen molar-refractivity contribution in [1.29, 1.82) is 0 Å². The van der Waals surface area contributed by atoms with Crippen molar-refractivity contribution >= 4 is 34.8 Å². The number of hydrogen-bond acceptors (Lipinski definition) is 3. The van der Waals surface area contributed by atoms with Gasteiger partial charge in [-0.25, -0.2) is 0 Å². The molecule has 0 aliphatic carbocycles.